The van der Waals surface area contributed by atoms with Gasteiger partial charge in [0.2, 0.25) is 10.0 Å². The number of ether oxygens (including phenoxy) is 1. The highest BCUT2D eigenvalue weighted by molar-refractivity contribution is 9.10. The van der Waals surface area contributed by atoms with Gasteiger partial charge >= 0.3 is 0 Å². The Morgan fingerprint density at radius 3 is 2.80 bits per heavy atom. The van der Waals surface area contributed by atoms with Crippen LogP contribution in [-0.4, -0.2) is 32.9 Å². The van der Waals surface area contributed by atoms with Gasteiger partial charge in [-0.1, -0.05) is 0 Å². The summed E-state index contributed by atoms with van der Waals surface area (Å²) in [6, 6.07) is 3.29. The monoisotopic (exact) mass is 294 g/mol. The summed E-state index contributed by atoms with van der Waals surface area (Å²) in [4.78, 5) is 3.89. The number of hydrogen-bond acceptors (Lipinski definition) is 4. The van der Waals surface area contributed by atoms with Gasteiger partial charge in [0.1, 0.15) is 5.82 Å². The Balaban J connectivity index is 2.65. The molecule has 0 atom stereocenters. The zero-order valence-electron chi connectivity index (χ0n) is 8.10. The number of halogens is 1. The van der Waals surface area contributed by atoms with Gasteiger partial charge in [0.05, 0.1) is 12.4 Å². The van der Waals surface area contributed by atoms with Crippen molar-refractivity contribution in [3.05, 3.63) is 22.8 Å². The molecule has 7 heteroatoms. The van der Waals surface area contributed by atoms with Crippen LogP contribution < -0.4 is 4.72 Å². The third kappa shape index (κ3) is 4.59. The van der Waals surface area contributed by atoms with Gasteiger partial charge in [0.25, 0.3) is 0 Å². The first kappa shape index (κ1) is 12.4. The van der Waals surface area contributed by atoms with E-state index in [1.54, 1.807) is 12.1 Å². The highest BCUT2D eigenvalue weighted by Crippen LogP contribution is 2.11. The minimum atomic E-state index is -3.36. The summed E-state index contributed by atoms with van der Waals surface area (Å²) in [5, 5.41) is 0. The molecule has 0 spiro atoms. The Morgan fingerprint density at radius 1 is 1.53 bits per heavy atom. The van der Waals surface area contributed by atoms with Gasteiger partial charge < -0.3 is 4.74 Å². The number of pyridine rings is 1. The highest BCUT2D eigenvalue weighted by Gasteiger charge is 2.10. The molecular formula is C8H11BrN2O3S. The van der Waals surface area contributed by atoms with Crippen LogP contribution in [0.4, 0.5) is 5.82 Å². The van der Waals surface area contributed by atoms with Gasteiger partial charge in [0.15, 0.2) is 0 Å². The van der Waals surface area contributed by atoms with Crippen molar-refractivity contribution in [1.29, 1.82) is 0 Å². The van der Waals surface area contributed by atoms with E-state index < -0.39 is 10.0 Å². The van der Waals surface area contributed by atoms with E-state index in [0.717, 1.165) is 4.47 Å². The fraction of sp³-hybridized carbons (Fsp3) is 0.375. The topological polar surface area (TPSA) is 68.3 Å². The lowest BCUT2D eigenvalue weighted by atomic mass is 10.5. The van der Waals surface area contributed by atoms with Crippen LogP contribution in [-0.2, 0) is 14.8 Å². The molecule has 1 aromatic rings. The van der Waals surface area contributed by atoms with Gasteiger partial charge in [-0.2, -0.15) is 0 Å². The number of nitrogens with one attached hydrogen (secondary N) is 1. The van der Waals surface area contributed by atoms with E-state index >= 15 is 0 Å². The van der Waals surface area contributed by atoms with Gasteiger partial charge in [0, 0.05) is 17.8 Å². The smallest absolute Gasteiger partial charge is 0.236 e. The van der Waals surface area contributed by atoms with Crippen molar-refractivity contribution >= 4 is 31.8 Å². The summed E-state index contributed by atoms with van der Waals surface area (Å²) in [6.07, 6.45) is 1.52. The van der Waals surface area contributed by atoms with Crippen LogP contribution in [0.3, 0.4) is 0 Å². The lowest BCUT2D eigenvalue weighted by Gasteiger charge is -2.06. The molecule has 15 heavy (non-hydrogen) atoms. The van der Waals surface area contributed by atoms with Crippen LogP contribution in [0, 0.1) is 0 Å². The predicted octanol–water partition coefficient (Wildman–Crippen LogP) is 1.23. The van der Waals surface area contributed by atoms with Crippen LogP contribution in [0.1, 0.15) is 0 Å². The summed E-state index contributed by atoms with van der Waals surface area (Å²) in [5.41, 5.74) is 0. The van der Waals surface area contributed by atoms with Crippen LogP contribution in [0.2, 0.25) is 0 Å². The molecule has 84 valence electrons. The molecule has 0 radical (unpaired) electrons. The van der Waals surface area contributed by atoms with E-state index in [9.17, 15) is 8.42 Å². The molecule has 1 aromatic heterocycles. The van der Waals surface area contributed by atoms with E-state index in [2.05, 4.69) is 30.4 Å². The first-order valence-electron chi connectivity index (χ1n) is 4.14. The molecule has 0 aliphatic rings. The van der Waals surface area contributed by atoms with E-state index in [-0.39, 0.29) is 12.4 Å². The fourth-order valence-corrected chi connectivity index (χ4v) is 2.00. The van der Waals surface area contributed by atoms with Crippen LogP contribution in [0.15, 0.2) is 22.8 Å². The molecule has 0 aromatic carbocycles. The van der Waals surface area contributed by atoms with Crippen LogP contribution in [0.5, 0.6) is 0 Å². The molecule has 0 bridgehead atoms. The molecule has 1 rings (SSSR count). The maximum absolute atomic E-state index is 11.4. The number of rotatable bonds is 5. The van der Waals surface area contributed by atoms with Crippen molar-refractivity contribution in [2.75, 3.05) is 24.2 Å². The molecule has 0 aliphatic heterocycles. The van der Waals surface area contributed by atoms with Gasteiger partial charge in [-0.3, -0.25) is 4.72 Å². The second-order valence-electron chi connectivity index (χ2n) is 2.78. The lowest BCUT2D eigenvalue weighted by Crippen LogP contribution is -2.20. The number of nitrogens with zero attached hydrogens (tertiary/aromatic N) is 1. The molecule has 0 aliphatic carbocycles. The molecule has 0 saturated heterocycles. The largest absolute Gasteiger partial charge is 0.384 e. The second kappa shape index (κ2) is 5.43. The highest BCUT2D eigenvalue weighted by atomic mass is 79.9. The molecule has 5 nitrogen and oxygen atoms in total. The normalized spacial score (nSPS) is 11.3. The summed E-state index contributed by atoms with van der Waals surface area (Å²) in [5.74, 6) is 0.218. The molecule has 1 heterocycles. The number of methoxy groups -OCH3 is 1. The molecule has 0 fully saturated rings. The third-order valence-corrected chi connectivity index (χ3v) is 3.24. The predicted molar refractivity (Wildman–Crippen MR) is 61.2 cm³/mol. The maximum atomic E-state index is 11.4. The van der Waals surface area contributed by atoms with Crippen molar-refractivity contribution in [2.24, 2.45) is 0 Å². The van der Waals surface area contributed by atoms with Crippen molar-refractivity contribution in [2.45, 2.75) is 0 Å². The SMILES string of the molecule is COCCS(=O)(=O)Nc1ccc(Br)cn1. The van der Waals surface area contributed by atoms with Crippen molar-refractivity contribution < 1.29 is 13.2 Å². The van der Waals surface area contributed by atoms with Crippen molar-refractivity contribution in [1.82, 2.24) is 4.98 Å². The van der Waals surface area contributed by atoms with E-state index in [1.165, 1.54) is 13.3 Å². The standard InChI is InChI=1S/C8H11BrN2O3S/c1-14-4-5-15(12,13)11-8-3-2-7(9)6-10-8/h2-3,6H,4-5H2,1H3,(H,10,11). The molecule has 0 saturated carbocycles. The van der Waals surface area contributed by atoms with Crippen LogP contribution >= 0.6 is 15.9 Å². The van der Waals surface area contributed by atoms with E-state index in [4.69, 9.17) is 0 Å². The Hall–Kier alpha value is -0.660. The zero-order valence-corrected chi connectivity index (χ0v) is 10.5. The number of sulfonamides is 1. The van der Waals surface area contributed by atoms with Crippen molar-refractivity contribution in [3.63, 3.8) is 0 Å². The zero-order chi connectivity index (χ0) is 11.3. The average Bonchev–Trinajstić information content (AvgIpc) is 2.18. The second-order valence-corrected chi connectivity index (χ2v) is 5.53. The van der Waals surface area contributed by atoms with Crippen molar-refractivity contribution in [3.8, 4) is 0 Å². The summed E-state index contributed by atoms with van der Waals surface area (Å²) in [7, 11) is -1.91. The Morgan fingerprint density at radius 2 is 2.27 bits per heavy atom. The van der Waals surface area contributed by atoms with Crippen LogP contribution in [0.25, 0.3) is 0 Å². The van der Waals surface area contributed by atoms with E-state index in [0.29, 0.717) is 5.82 Å². The molecule has 1 N–H and O–H groups in total. The molecule has 0 amide bonds. The lowest BCUT2D eigenvalue weighted by molar-refractivity contribution is 0.217. The fourth-order valence-electron chi connectivity index (χ4n) is 0.840. The minimum Gasteiger partial charge on any atom is -0.384 e. The summed E-state index contributed by atoms with van der Waals surface area (Å²) in [6.45, 7) is 0.159. The van der Waals surface area contributed by atoms with Gasteiger partial charge in [-0.05, 0) is 28.1 Å². The maximum Gasteiger partial charge on any atom is 0.236 e. The summed E-state index contributed by atoms with van der Waals surface area (Å²) >= 11 is 3.21. The minimum absolute atomic E-state index is 0.0821. The first-order chi connectivity index (χ1) is 7.03. The third-order valence-electron chi connectivity index (χ3n) is 1.54. The Kier molecular flexibility index (Phi) is 4.49. The quantitative estimate of drug-likeness (QED) is 0.887. The Bertz CT molecular complexity index is 404. The molecule has 0 unspecified atom stereocenters. The molecular weight excluding hydrogens is 284 g/mol. The van der Waals surface area contributed by atoms with Gasteiger partial charge in [-0.15, -0.1) is 0 Å². The first-order valence-corrected chi connectivity index (χ1v) is 6.59. The summed E-state index contributed by atoms with van der Waals surface area (Å²) < 4.78 is 30.6. The Labute approximate surface area is 97.0 Å². The number of hydrogen-bond donors (Lipinski definition) is 1. The van der Waals surface area contributed by atoms with Gasteiger partial charge in [-0.25, -0.2) is 13.4 Å². The average molecular weight is 295 g/mol. The van der Waals surface area contributed by atoms with E-state index in [1.807, 2.05) is 0 Å². The number of aromatic nitrogens is 1. The number of anilines is 1.